The molecule has 0 bridgehead atoms. The van der Waals surface area contributed by atoms with Gasteiger partial charge in [0.1, 0.15) is 0 Å². The van der Waals surface area contributed by atoms with Gasteiger partial charge in [0.25, 0.3) is 0 Å². The van der Waals surface area contributed by atoms with Crippen LogP contribution in [0.2, 0.25) is 0 Å². The van der Waals surface area contributed by atoms with Crippen LogP contribution in [0, 0.1) is 12.3 Å². The summed E-state index contributed by atoms with van der Waals surface area (Å²) >= 11 is 0. The van der Waals surface area contributed by atoms with Crippen molar-refractivity contribution in [2.24, 2.45) is 5.92 Å². The third kappa shape index (κ3) is 3.57. The molecule has 0 aromatic carbocycles. The van der Waals surface area contributed by atoms with E-state index in [-0.39, 0.29) is 6.10 Å². The van der Waals surface area contributed by atoms with E-state index in [1.165, 1.54) is 25.7 Å². The van der Waals surface area contributed by atoms with Gasteiger partial charge in [-0.2, -0.15) is 0 Å². The van der Waals surface area contributed by atoms with Crippen LogP contribution in [0.25, 0.3) is 0 Å². The lowest BCUT2D eigenvalue weighted by Crippen LogP contribution is -2.15. The lowest BCUT2D eigenvalue weighted by molar-refractivity contribution is 0.125. The summed E-state index contributed by atoms with van der Waals surface area (Å²) in [6.07, 6.45) is 10.7. The van der Waals surface area contributed by atoms with E-state index in [1.807, 2.05) is 0 Å². The van der Waals surface area contributed by atoms with Crippen LogP contribution >= 0.6 is 0 Å². The smallest absolute Gasteiger partial charge is 0.0542 e. The Labute approximate surface area is 76.2 Å². The third-order valence-electron chi connectivity index (χ3n) is 2.75. The van der Waals surface area contributed by atoms with Crippen molar-refractivity contribution >= 4 is 0 Å². The molecule has 1 saturated carbocycles. The minimum absolute atomic E-state index is 0.0356. The van der Waals surface area contributed by atoms with Gasteiger partial charge in [0, 0.05) is 0 Å². The van der Waals surface area contributed by atoms with Gasteiger partial charge in [0.2, 0.25) is 0 Å². The molecule has 0 aromatic rings. The first-order valence-electron chi connectivity index (χ1n) is 5.32. The predicted molar refractivity (Wildman–Crippen MR) is 51.8 cm³/mol. The van der Waals surface area contributed by atoms with Gasteiger partial charge in [0.15, 0.2) is 0 Å². The summed E-state index contributed by atoms with van der Waals surface area (Å²) < 4.78 is 0. The molecule has 0 spiro atoms. The van der Waals surface area contributed by atoms with Crippen LogP contribution < -0.4 is 0 Å². The van der Waals surface area contributed by atoms with Crippen LogP contribution in [0.15, 0.2) is 0 Å². The summed E-state index contributed by atoms with van der Waals surface area (Å²) in [4.78, 5) is 0. The molecule has 2 unspecified atom stereocenters. The zero-order valence-corrected chi connectivity index (χ0v) is 8.13. The highest BCUT2D eigenvalue weighted by Crippen LogP contribution is 2.27. The molecule has 0 amide bonds. The maximum absolute atomic E-state index is 9.59. The maximum Gasteiger partial charge on any atom is 0.0542 e. The molecule has 1 heteroatoms. The Morgan fingerprint density at radius 1 is 1.58 bits per heavy atom. The second-order valence-electron chi connectivity index (χ2n) is 4.00. The summed E-state index contributed by atoms with van der Waals surface area (Å²) in [6, 6.07) is 0. The second-order valence-corrected chi connectivity index (χ2v) is 4.00. The van der Waals surface area contributed by atoms with Gasteiger partial charge in [-0.25, -0.2) is 0 Å². The molecule has 71 valence electrons. The molecule has 1 aliphatic rings. The molecule has 1 N–H and O–H groups in total. The Bertz CT molecular complexity index is 106. The summed E-state index contributed by atoms with van der Waals surface area (Å²) in [7, 11) is 0. The molecule has 2 atom stereocenters. The number of aliphatic hydroxyl groups is 1. The van der Waals surface area contributed by atoms with Crippen molar-refractivity contribution in [2.45, 2.75) is 58.0 Å². The summed E-state index contributed by atoms with van der Waals surface area (Å²) in [5.74, 6) is 0.778. The lowest BCUT2D eigenvalue weighted by Gasteiger charge is -2.23. The molecule has 1 aliphatic carbocycles. The van der Waals surface area contributed by atoms with Gasteiger partial charge in [-0.3, -0.25) is 0 Å². The van der Waals surface area contributed by atoms with Crippen LogP contribution in [-0.4, -0.2) is 11.2 Å². The van der Waals surface area contributed by atoms with Crippen LogP contribution in [0.1, 0.15) is 51.9 Å². The van der Waals surface area contributed by atoms with Crippen LogP contribution in [0.3, 0.4) is 0 Å². The first-order valence-corrected chi connectivity index (χ1v) is 5.32. The van der Waals surface area contributed by atoms with Crippen molar-refractivity contribution in [2.75, 3.05) is 0 Å². The van der Waals surface area contributed by atoms with Gasteiger partial charge in [-0.05, 0) is 31.6 Å². The van der Waals surface area contributed by atoms with Gasteiger partial charge in [-0.1, -0.05) is 32.6 Å². The monoisotopic (exact) mass is 169 g/mol. The van der Waals surface area contributed by atoms with E-state index in [9.17, 15) is 5.11 Å². The Morgan fingerprint density at radius 2 is 2.42 bits per heavy atom. The van der Waals surface area contributed by atoms with Crippen molar-refractivity contribution in [3.05, 3.63) is 6.42 Å². The fourth-order valence-electron chi connectivity index (χ4n) is 2.07. The van der Waals surface area contributed by atoms with Crippen LogP contribution in [-0.2, 0) is 0 Å². The van der Waals surface area contributed by atoms with E-state index >= 15 is 0 Å². The van der Waals surface area contributed by atoms with E-state index in [0.717, 1.165) is 25.2 Å². The Kier molecular flexibility index (Phi) is 4.67. The minimum atomic E-state index is -0.0356. The molecule has 12 heavy (non-hydrogen) atoms. The van der Waals surface area contributed by atoms with E-state index < -0.39 is 0 Å². The molecule has 1 radical (unpaired) electrons. The van der Waals surface area contributed by atoms with E-state index in [0.29, 0.717) is 0 Å². The number of rotatable bonds is 4. The number of hydrogen-bond acceptors (Lipinski definition) is 1. The summed E-state index contributed by atoms with van der Waals surface area (Å²) in [5.41, 5.74) is 0. The molecule has 1 fully saturated rings. The average Bonchev–Trinajstić information content (AvgIpc) is 2.06. The maximum atomic E-state index is 9.59. The Hall–Kier alpha value is -0.0400. The normalized spacial score (nSPS) is 22.5. The zero-order valence-electron chi connectivity index (χ0n) is 8.13. The highest BCUT2D eigenvalue weighted by atomic mass is 16.3. The van der Waals surface area contributed by atoms with Crippen LogP contribution in [0.5, 0.6) is 0 Å². The van der Waals surface area contributed by atoms with E-state index in [1.54, 1.807) is 0 Å². The highest BCUT2D eigenvalue weighted by Gasteiger charge is 2.16. The highest BCUT2D eigenvalue weighted by molar-refractivity contribution is 4.79. The van der Waals surface area contributed by atoms with E-state index in [4.69, 9.17) is 0 Å². The largest absolute Gasteiger partial charge is 0.393 e. The number of hydrogen-bond donors (Lipinski definition) is 1. The molecule has 0 heterocycles. The van der Waals surface area contributed by atoms with Gasteiger partial charge in [0.05, 0.1) is 6.10 Å². The SMILES string of the molecule is CCCC(O)CC1C[CH]CCC1. The molecule has 0 aromatic heterocycles. The summed E-state index contributed by atoms with van der Waals surface area (Å²) in [6.45, 7) is 2.14. The van der Waals surface area contributed by atoms with Gasteiger partial charge in [-0.15, -0.1) is 0 Å². The fourth-order valence-corrected chi connectivity index (χ4v) is 2.07. The standard InChI is InChI=1S/C11H21O/c1-2-6-11(12)9-10-7-4-3-5-8-10/h4,10-12H,2-3,5-9H2,1H3. The average molecular weight is 169 g/mol. The first kappa shape index (κ1) is 10.0. The Balaban J connectivity index is 2.11. The Morgan fingerprint density at radius 3 is 3.00 bits per heavy atom. The third-order valence-corrected chi connectivity index (χ3v) is 2.75. The van der Waals surface area contributed by atoms with Crippen molar-refractivity contribution in [1.82, 2.24) is 0 Å². The zero-order chi connectivity index (χ0) is 8.81. The quantitative estimate of drug-likeness (QED) is 0.686. The van der Waals surface area contributed by atoms with Crippen molar-refractivity contribution in [3.63, 3.8) is 0 Å². The first-order chi connectivity index (χ1) is 5.83. The van der Waals surface area contributed by atoms with Gasteiger partial charge >= 0.3 is 0 Å². The van der Waals surface area contributed by atoms with Crippen LogP contribution in [0.4, 0.5) is 0 Å². The van der Waals surface area contributed by atoms with Crippen molar-refractivity contribution in [3.8, 4) is 0 Å². The van der Waals surface area contributed by atoms with Crippen molar-refractivity contribution in [1.29, 1.82) is 0 Å². The minimum Gasteiger partial charge on any atom is -0.393 e. The lowest BCUT2D eigenvalue weighted by atomic mass is 9.85. The summed E-state index contributed by atoms with van der Waals surface area (Å²) in [5, 5.41) is 9.59. The molecular formula is C11H21O. The molecular weight excluding hydrogens is 148 g/mol. The van der Waals surface area contributed by atoms with Gasteiger partial charge < -0.3 is 5.11 Å². The second kappa shape index (κ2) is 5.58. The molecule has 0 aliphatic heterocycles. The topological polar surface area (TPSA) is 20.2 Å². The fraction of sp³-hybridized carbons (Fsp3) is 0.909. The predicted octanol–water partition coefficient (Wildman–Crippen LogP) is 2.93. The van der Waals surface area contributed by atoms with E-state index in [2.05, 4.69) is 13.3 Å². The van der Waals surface area contributed by atoms with Crippen molar-refractivity contribution < 1.29 is 5.11 Å². The molecule has 0 saturated heterocycles. The number of aliphatic hydroxyl groups excluding tert-OH is 1. The molecule has 1 nitrogen and oxygen atoms in total. The molecule has 1 rings (SSSR count).